The molecule has 1 aliphatic heterocycles. The van der Waals surface area contributed by atoms with Crippen LogP contribution in [0.1, 0.15) is 66.1 Å². The van der Waals surface area contributed by atoms with Gasteiger partial charge in [0.25, 0.3) is 11.7 Å². The molecule has 1 saturated heterocycles. The van der Waals surface area contributed by atoms with Crippen LogP contribution in [0.3, 0.4) is 0 Å². The Hall–Kier alpha value is -3.59. The van der Waals surface area contributed by atoms with Gasteiger partial charge in [0.15, 0.2) is 0 Å². The predicted octanol–water partition coefficient (Wildman–Crippen LogP) is 3.97. The van der Waals surface area contributed by atoms with Crippen molar-refractivity contribution in [1.29, 1.82) is 0 Å². The van der Waals surface area contributed by atoms with E-state index in [1.807, 2.05) is 19.1 Å². The van der Waals surface area contributed by atoms with Crippen LogP contribution in [0, 0.1) is 13.8 Å². The number of aromatic nitrogens is 1. The second-order valence-electron chi connectivity index (χ2n) is 9.00. The molecule has 0 aliphatic carbocycles. The highest BCUT2D eigenvalue weighted by Crippen LogP contribution is 2.41. The van der Waals surface area contributed by atoms with Gasteiger partial charge in [0, 0.05) is 17.8 Å². The maximum atomic E-state index is 13.4. The van der Waals surface area contributed by atoms with Crippen LogP contribution in [0.2, 0.25) is 0 Å². The van der Waals surface area contributed by atoms with E-state index >= 15 is 0 Å². The Balaban J connectivity index is 2.14. The molecule has 0 bridgehead atoms. The molecule has 0 radical (unpaired) electrons. The normalized spacial score (nSPS) is 17.1. The number of esters is 1. The number of nitrogens with one attached hydrogen (secondary N) is 1. The number of likely N-dealkylation sites (tertiary alicyclic amines) is 1. The van der Waals surface area contributed by atoms with Gasteiger partial charge >= 0.3 is 5.97 Å². The molecule has 9 nitrogen and oxygen atoms in total. The van der Waals surface area contributed by atoms with Gasteiger partial charge in [-0.15, -0.1) is 0 Å². The first kappa shape index (κ1) is 28.0. The van der Waals surface area contributed by atoms with E-state index < -0.39 is 23.7 Å². The van der Waals surface area contributed by atoms with Crippen LogP contribution in [-0.4, -0.2) is 77.4 Å². The molecular formula is C28H37N3O6. The first-order chi connectivity index (χ1) is 17.7. The van der Waals surface area contributed by atoms with Gasteiger partial charge in [-0.05, 0) is 70.1 Å². The maximum Gasteiger partial charge on any atom is 0.354 e. The highest BCUT2D eigenvalue weighted by Gasteiger charge is 2.46. The van der Waals surface area contributed by atoms with Crippen molar-refractivity contribution >= 4 is 23.4 Å². The molecular weight excluding hydrogens is 474 g/mol. The Morgan fingerprint density at radius 1 is 1.16 bits per heavy atom. The van der Waals surface area contributed by atoms with Crippen LogP contribution in [0.15, 0.2) is 29.8 Å². The van der Waals surface area contributed by atoms with Crippen molar-refractivity contribution in [2.45, 2.75) is 47.1 Å². The number of aryl methyl sites for hydroxylation is 1. The number of hydrogen-bond donors (Lipinski definition) is 2. The number of aromatic amines is 1. The number of carbonyl (C=O) groups excluding carboxylic acids is 3. The third-order valence-corrected chi connectivity index (χ3v) is 6.86. The SMILES string of the molecule is CCOc1cccc(C2C(=C(O)c3c(C)[nH]c(C(=O)OC)c3C)C(=O)C(=O)N2CCCN(CC)CC)c1. The third-order valence-electron chi connectivity index (χ3n) is 6.86. The smallest absolute Gasteiger partial charge is 0.354 e. The number of aliphatic hydroxyl groups is 1. The fourth-order valence-electron chi connectivity index (χ4n) is 4.95. The van der Waals surface area contributed by atoms with Gasteiger partial charge in [0.05, 0.1) is 25.3 Å². The Bertz CT molecular complexity index is 1190. The molecule has 0 spiro atoms. The predicted molar refractivity (Wildman–Crippen MR) is 141 cm³/mol. The molecule has 2 N–H and O–H groups in total. The van der Waals surface area contributed by atoms with Crippen LogP contribution in [0.5, 0.6) is 5.75 Å². The van der Waals surface area contributed by atoms with E-state index in [0.29, 0.717) is 47.7 Å². The van der Waals surface area contributed by atoms with Gasteiger partial charge < -0.3 is 29.4 Å². The van der Waals surface area contributed by atoms with Crippen molar-refractivity contribution in [3.05, 3.63) is 57.9 Å². The third kappa shape index (κ3) is 5.56. The van der Waals surface area contributed by atoms with E-state index in [4.69, 9.17) is 9.47 Å². The van der Waals surface area contributed by atoms with Crippen molar-refractivity contribution < 1.29 is 29.0 Å². The summed E-state index contributed by atoms with van der Waals surface area (Å²) in [7, 11) is 1.27. The van der Waals surface area contributed by atoms with Crippen LogP contribution in [0.25, 0.3) is 5.76 Å². The quantitative estimate of drug-likeness (QED) is 0.203. The Morgan fingerprint density at radius 3 is 2.49 bits per heavy atom. The number of benzene rings is 1. The lowest BCUT2D eigenvalue weighted by molar-refractivity contribution is -0.140. The zero-order valence-electron chi connectivity index (χ0n) is 22.5. The van der Waals surface area contributed by atoms with Gasteiger partial charge in [-0.1, -0.05) is 26.0 Å². The average Bonchev–Trinajstić information content (AvgIpc) is 3.33. The molecule has 0 saturated carbocycles. The molecule has 1 atom stereocenters. The molecule has 1 amide bonds. The van der Waals surface area contributed by atoms with Crippen molar-refractivity contribution in [3.8, 4) is 5.75 Å². The number of Topliss-reactive ketones (excluding diaryl/α,β-unsaturated/α-hetero) is 1. The summed E-state index contributed by atoms with van der Waals surface area (Å²) in [6, 6.07) is 6.43. The summed E-state index contributed by atoms with van der Waals surface area (Å²) in [5.74, 6) is -1.72. The molecule has 1 aliphatic rings. The van der Waals surface area contributed by atoms with E-state index in [-0.39, 0.29) is 17.0 Å². The monoisotopic (exact) mass is 511 g/mol. The summed E-state index contributed by atoms with van der Waals surface area (Å²) in [5, 5.41) is 11.5. The zero-order valence-corrected chi connectivity index (χ0v) is 22.5. The number of nitrogens with zero attached hydrogens (tertiary/aromatic N) is 2. The first-order valence-electron chi connectivity index (χ1n) is 12.7. The molecule has 1 unspecified atom stereocenters. The number of aliphatic hydroxyl groups excluding tert-OH is 1. The lowest BCUT2D eigenvalue weighted by Gasteiger charge is -2.27. The van der Waals surface area contributed by atoms with Crippen molar-refractivity contribution in [3.63, 3.8) is 0 Å². The average molecular weight is 512 g/mol. The second kappa shape index (κ2) is 12.1. The number of ketones is 1. The number of hydrogen-bond acceptors (Lipinski definition) is 7. The summed E-state index contributed by atoms with van der Waals surface area (Å²) >= 11 is 0. The largest absolute Gasteiger partial charge is 0.507 e. The molecule has 200 valence electrons. The van der Waals surface area contributed by atoms with Gasteiger partial charge in [0.2, 0.25) is 0 Å². The molecule has 1 fully saturated rings. The molecule has 2 aromatic rings. The summed E-state index contributed by atoms with van der Waals surface area (Å²) in [4.78, 5) is 45.6. The number of H-pyrrole nitrogens is 1. The lowest BCUT2D eigenvalue weighted by atomic mass is 9.94. The van der Waals surface area contributed by atoms with Gasteiger partial charge in [-0.25, -0.2) is 4.79 Å². The van der Waals surface area contributed by atoms with E-state index in [1.165, 1.54) is 12.0 Å². The minimum atomic E-state index is -0.799. The number of methoxy groups -OCH3 is 1. The molecule has 9 heteroatoms. The molecule has 1 aromatic heterocycles. The summed E-state index contributed by atoms with van der Waals surface area (Å²) < 4.78 is 10.5. The number of amides is 1. The van der Waals surface area contributed by atoms with Crippen molar-refractivity contribution in [2.24, 2.45) is 0 Å². The molecule has 1 aromatic carbocycles. The van der Waals surface area contributed by atoms with Gasteiger partial charge in [-0.3, -0.25) is 9.59 Å². The van der Waals surface area contributed by atoms with Gasteiger partial charge in [-0.2, -0.15) is 0 Å². The molecule has 2 heterocycles. The van der Waals surface area contributed by atoms with Crippen molar-refractivity contribution in [2.75, 3.05) is 39.9 Å². The zero-order chi connectivity index (χ0) is 27.3. The second-order valence-corrected chi connectivity index (χ2v) is 9.00. The minimum absolute atomic E-state index is 0.0110. The summed E-state index contributed by atoms with van der Waals surface area (Å²) in [5.41, 5.74) is 2.08. The topological polar surface area (TPSA) is 112 Å². The van der Waals surface area contributed by atoms with Crippen molar-refractivity contribution in [1.82, 2.24) is 14.8 Å². The number of ether oxygens (including phenoxy) is 2. The summed E-state index contributed by atoms with van der Waals surface area (Å²) in [6.07, 6.45) is 0.672. The Labute approximate surface area is 218 Å². The van der Waals surface area contributed by atoms with E-state index in [9.17, 15) is 19.5 Å². The number of carbonyl (C=O) groups is 3. The first-order valence-corrected chi connectivity index (χ1v) is 12.7. The summed E-state index contributed by atoms with van der Waals surface area (Å²) in [6.45, 7) is 12.8. The van der Waals surface area contributed by atoms with Crippen LogP contribution >= 0.6 is 0 Å². The van der Waals surface area contributed by atoms with Crippen LogP contribution in [0.4, 0.5) is 0 Å². The standard InChI is InChI=1S/C28H37N3O6/c1-7-30(8-2)14-11-15-31-24(19-12-10-13-20(16-19)37-9-3)22(26(33)27(31)34)25(32)21-17(4)23(28(35)36-6)29-18(21)5/h10,12-13,16,24,29,32H,7-9,11,14-15H2,1-6H3. The number of rotatable bonds is 11. The fraction of sp³-hybridized carbons (Fsp3) is 0.464. The van der Waals surface area contributed by atoms with E-state index in [1.54, 1.807) is 26.0 Å². The maximum absolute atomic E-state index is 13.4. The molecule has 37 heavy (non-hydrogen) atoms. The Kier molecular flexibility index (Phi) is 9.15. The highest BCUT2D eigenvalue weighted by atomic mass is 16.5. The minimum Gasteiger partial charge on any atom is -0.507 e. The fourth-order valence-corrected chi connectivity index (χ4v) is 4.95. The highest BCUT2D eigenvalue weighted by molar-refractivity contribution is 6.46. The lowest BCUT2D eigenvalue weighted by Crippen LogP contribution is -2.33. The molecule has 3 rings (SSSR count). The van der Waals surface area contributed by atoms with Gasteiger partial charge in [0.1, 0.15) is 17.2 Å². The van der Waals surface area contributed by atoms with Crippen LogP contribution in [-0.2, 0) is 14.3 Å². The van der Waals surface area contributed by atoms with E-state index in [0.717, 1.165) is 19.6 Å². The van der Waals surface area contributed by atoms with Crippen LogP contribution < -0.4 is 4.74 Å². The van der Waals surface area contributed by atoms with E-state index in [2.05, 4.69) is 23.7 Å². The Morgan fingerprint density at radius 2 is 1.86 bits per heavy atom.